The minimum Gasteiger partial charge on any atom is -0.481 e. The van der Waals surface area contributed by atoms with E-state index in [0.29, 0.717) is 19.4 Å². The summed E-state index contributed by atoms with van der Waals surface area (Å²) in [5.41, 5.74) is 1.21. The number of carbonyl (C=O) groups is 2. The first-order chi connectivity index (χ1) is 10.5. The lowest BCUT2D eigenvalue weighted by Crippen LogP contribution is -2.40. The molecule has 1 aliphatic rings. The maximum atomic E-state index is 12.4. The number of hydrogen-bond acceptors (Lipinski definition) is 3. The molecule has 120 valence electrons. The van der Waals surface area contributed by atoms with Crippen LogP contribution in [0.1, 0.15) is 24.5 Å². The van der Waals surface area contributed by atoms with E-state index in [1.54, 1.807) is 4.90 Å². The minimum absolute atomic E-state index is 0.0209. The lowest BCUT2D eigenvalue weighted by molar-refractivity contribution is -0.151. The average molecular weight is 305 g/mol. The van der Waals surface area contributed by atoms with Gasteiger partial charge in [0.15, 0.2) is 0 Å². The van der Waals surface area contributed by atoms with Gasteiger partial charge in [0.2, 0.25) is 5.91 Å². The van der Waals surface area contributed by atoms with Crippen LogP contribution in [0.5, 0.6) is 0 Å². The largest absolute Gasteiger partial charge is 0.481 e. The maximum Gasteiger partial charge on any atom is 0.313 e. The van der Waals surface area contributed by atoms with Gasteiger partial charge in [-0.05, 0) is 24.0 Å². The molecule has 1 aromatic carbocycles. The summed E-state index contributed by atoms with van der Waals surface area (Å²) in [7, 11) is 1.49. The number of aliphatic carboxylic acids is 1. The van der Waals surface area contributed by atoms with Gasteiger partial charge in [-0.1, -0.05) is 31.2 Å². The molecule has 0 aliphatic carbocycles. The molecule has 1 N–H and O–H groups in total. The number of ether oxygens (including phenoxy) is 1. The van der Waals surface area contributed by atoms with Gasteiger partial charge in [-0.3, -0.25) is 9.59 Å². The van der Waals surface area contributed by atoms with Crippen molar-refractivity contribution in [2.75, 3.05) is 26.8 Å². The van der Waals surface area contributed by atoms with Crippen LogP contribution in [0.3, 0.4) is 0 Å². The summed E-state index contributed by atoms with van der Waals surface area (Å²) in [6, 6.07) is 7.97. The van der Waals surface area contributed by atoms with E-state index in [4.69, 9.17) is 4.74 Å². The molecule has 1 aromatic rings. The molecule has 1 saturated heterocycles. The van der Waals surface area contributed by atoms with E-state index in [2.05, 4.69) is 6.92 Å². The third-order valence-corrected chi connectivity index (χ3v) is 4.34. The van der Waals surface area contributed by atoms with Crippen LogP contribution < -0.4 is 0 Å². The molecule has 1 unspecified atom stereocenters. The van der Waals surface area contributed by atoms with E-state index in [1.165, 1.54) is 12.7 Å². The van der Waals surface area contributed by atoms with Crippen LogP contribution in [0.15, 0.2) is 24.3 Å². The molecule has 0 bridgehead atoms. The van der Waals surface area contributed by atoms with Crippen molar-refractivity contribution >= 4 is 11.9 Å². The minimum atomic E-state index is -0.963. The number of carboxylic acids is 1. The zero-order chi connectivity index (χ0) is 16.2. The number of nitrogens with zero attached hydrogens (tertiary/aromatic N) is 1. The number of methoxy groups -OCH3 is 1. The third kappa shape index (κ3) is 3.47. The Bertz CT molecular complexity index is 557. The number of aryl methyl sites for hydroxylation is 1. The monoisotopic (exact) mass is 305 g/mol. The summed E-state index contributed by atoms with van der Waals surface area (Å²) in [6.07, 6.45) is 1.69. The average Bonchev–Trinajstić information content (AvgIpc) is 2.93. The fourth-order valence-electron chi connectivity index (χ4n) is 2.96. The van der Waals surface area contributed by atoms with Crippen molar-refractivity contribution in [1.82, 2.24) is 4.90 Å². The lowest BCUT2D eigenvalue weighted by atomic mass is 9.88. The number of likely N-dealkylation sites (tertiary alicyclic amines) is 1. The predicted molar refractivity (Wildman–Crippen MR) is 82.7 cm³/mol. The summed E-state index contributed by atoms with van der Waals surface area (Å²) in [4.78, 5) is 25.6. The Balaban J connectivity index is 2.03. The Labute approximate surface area is 130 Å². The first kappa shape index (κ1) is 16.5. The zero-order valence-electron chi connectivity index (χ0n) is 13.2. The lowest BCUT2D eigenvalue weighted by Gasteiger charge is -2.23. The molecule has 2 rings (SSSR count). The van der Waals surface area contributed by atoms with Gasteiger partial charge >= 0.3 is 5.97 Å². The fourth-order valence-corrected chi connectivity index (χ4v) is 2.96. The van der Waals surface area contributed by atoms with Crippen LogP contribution in [-0.4, -0.2) is 48.7 Å². The summed E-state index contributed by atoms with van der Waals surface area (Å²) >= 11 is 0. The van der Waals surface area contributed by atoms with Gasteiger partial charge in [0.1, 0.15) is 5.41 Å². The highest BCUT2D eigenvalue weighted by molar-refractivity contribution is 5.82. The second-order valence-electron chi connectivity index (χ2n) is 5.93. The van der Waals surface area contributed by atoms with Crippen molar-refractivity contribution in [3.05, 3.63) is 35.4 Å². The van der Waals surface area contributed by atoms with Gasteiger partial charge in [0, 0.05) is 20.2 Å². The van der Waals surface area contributed by atoms with Crippen molar-refractivity contribution in [1.29, 1.82) is 0 Å². The SMILES string of the molecule is CCc1cccc(CC(=O)N2CCC(COC)(C(=O)O)C2)c1. The van der Waals surface area contributed by atoms with E-state index >= 15 is 0 Å². The Kier molecular flexibility index (Phi) is 5.19. The first-order valence-corrected chi connectivity index (χ1v) is 7.58. The molecule has 1 atom stereocenters. The zero-order valence-corrected chi connectivity index (χ0v) is 13.2. The fraction of sp³-hybridized carbons (Fsp3) is 0.529. The highest BCUT2D eigenvalue weighted by Crippen LogP contribution is 2.31. The number of hydrogen-bond donors (Lipinski definition) is 1. The molecule has 0 spiro atoms. The Morgan fingerprint density at radius 3 is 2.73 bits per heavy atom. The number of rotatable bonds is 6. The van der Waals surface area contributed by atoms with Gasteiger partial charge in [0.25, 0.3) is 0 Å². The smallest absolute Gasteiger partial charge is 0.313 e. The second kappa shape index (κ2) is 6.92. The topological polar surface area (TPSA) is 66.8 Å². The number of amides is 1. The van der Waals surface area contributed by atoms with Gasteiger partial charge in [-0.15, -0.1) is 0 Å². The van der Waals surface area contributed by atoms with E-state index < -0.39 is 11.4 Å². The Morgan fingerprint density at radius 1 is 1.36 bits per heavy atom. The highest BCUT2D eigenvalue weighted by Gasteiger charge is 2.46. The normalized spacial score (nSPS) is 21.1. The molecule has 1 fully saturated rings. The Morgan fingerprint density at radius 2 is 2.09 bits per heavy atom. The predicted octanol–water partition coefficient (Wildman–Crippen LogP) is 1.74. The third-order valence-electron chi connectivity index (χ3n) is 4.34. The summed E-state index contributed by atoms with van der Waals surface area (Å²) in [5, 5.41) is 9.43. The molecule has 0 radical (unpaired) electrons. The standard InChI is InChI=1S/C17H23NO4/c1-3-13-5-4-6-14(9-13)10-15(19)18-8-7-17(11-18,12-22-2)16(20)21/h4-6,9H,3,7-8,10-12H2,1-2H3,(H,20,21). The summed E-state index contributed by atoms with van der Waals surface area (Å²) in [5.74, 6) is -0.912. The van der Waals surface area contributed by atoms with E-state index in [-0.39, 0.29) is 19.1 Å². The molecule has 5 nitrogen and oxygen atoms in total. The van der Waals surface area contributed by atoms with Crippen molar-refractivity contribution in [3.8, 4) is 0 Å². The van der Waals surface area contributed by atoms with Crippen LogP contribution in [0, 0.1) is 5.41 Å². The molecular formula is C17H23NO4. The van der Waals surface area contributed by atoms with Gasteiger partial charge in [-0.25, -0.2) is 0 Å². The maximum absolute atomic E-state index is 12.4. The molecule has 0 aromatic heterocycles. The number of carboxylic acid groups (broad SMARTS) is 1. The molecule has 1 heterocycles. The molecule has 1 aliphatic heterocycles. The Hall–Kier alpha value is -1.88. The molecular weight excluding hydrogens is 282 g/mol. The van der Waals surface area contributed by atoms with Crippen molar-refractivity contribution in [2.45, 2.75) is 26.2 Å². The summed E-state index contributed by atoms with van der Waals surface area (Å²) < 4.78 is 5.05. The van der Waals surface area contributed by atoms with Crippen LogP contribution >= 0.6 is 0 Å². The van der Waals surface area contributed by atoms with Gasteiger partial charge in [-0.2, -0.15) is 0 Å². The van der Waals surface area contributed by atoms with E-state index in [1.807, 2.05) is 24.3 Å². The number of carbonyl (C=O) groups excluding carboxylic acids is 1. The first-order valence-electron chi connectivity index (χ1n) is 7.58. The highest BCUT2D eigenvalue weighted by atomic mass is 16.5. The molecule has 1 amide bonds. The van der Waals surface area contributed by atoms with E-state index in [9.17, 15) is 14.7 Å². The number of benzene rings is 1. The van der Waals surface area contributed by atoms with Crippen molar-refractivity contribution in [3.63, 3.8) is 0 Å². The van der Waals surface area contributed by atoms with Gasteiger partial charge in [0.05, 0.1) is 13.0 Å². The second-order valence-corrected chi connectivity index (χ2v) is 5.93. The van der Waals surface area contributed by atoms with Crippen LogP contribution in [0.25, 0.3) is 0 Å². The van der Waals surface area contributed by atoms with Gasteiger partial charge < -0.3 is 14.7 Å². The van der Waals surface area contributed by atoms with Crippen molar-refractivity contribution in [2.24, 2.45) is 5.41 Å². The van der Waals surface area contributed by atoms with Crippen LogP contribution in [0.2, 0.25) is 0 Å². The van der Waals surface area contributed by atoms with Crippen LogP contribution in [-0.2, 0) is 27.2 Å². The summed E-state index contributed by atoms with van der Waals surface area (Å²) in [6.45, 7) is 2.91. The molecule has 22 heavy (non-hydrogen) atoms. The van der Waals surface area contributed by atoms with Crippen LogP contribution in [0.4, 0.5) is 0 Å². The quantitative estimate of drug-likeness (QED) is 0.869. The van der Waals surface area contributed by atoms with Crippen molar-refractivity contribution < 1.29 is 19.4 Å². The van der Waals surface area contributed by atoms with E-state index in [0.717, 1.165) is 12.0 Å². The molecule has 5 heteroatoms. The molecule has 0 saturated carbocycles.